The first-order chi connectivity index (χ1) is 28.0. The largest absolute Gasteiger partial charge is 0.310 e. The summed E-state index contributed by atoms with van der Waals surface area (Å²) < 4.78 is 0. The summed E-state index contributed by atoms with van der Waals surface area (Å²) >= 11 is 0. The van der Waals surface area contributed by atoms with Crippen molar-refractivity contribution in [2.45, 2.75) is 19.3 Å². The second-order valence-corrected chi connectivity index (χ2v) is 15.4. The molecule has 0 radical (unpaired) electrons. The minimum atomic E-state index is -0.112. The standard InChI is InChI=1S/C55H42N2/c1-55(2)52-28-15-14-27-49(52)50-34-33-48(38-53(50)55)56(44-23-10-5-11-24-44)46-25-16-26-47(37-46)57(45-31-29-40(30-32-45)39-17-6-3-7-18-39)54-36-43-22-13-12-21-42(43)35-51(54)41-19-8-4-9-20-41/h3-38H,1-2H3. The lowest BCUT2D eigenvalue weighted by Gasteiger charge is -2.31. The van der Waals surface area contributed by atoms with Crippen molar-refractivity contribution in [3.8, 4) is 33.4 Å². The van der Waals surface area contributed by atoms with E-state index in [4.69, 9.17) is 0 Å². The summed E-state index contributed by atoms with van der Waals surface area (Å²) in [6.07, 6.45) is 0. The van der Waals surface area contributed by atoms with Gasteiger partial charge in [0.1, 0.15) is 0 Å². The highest BCUT2D eigenvalue weighted by Gasteiger charge is 2.35. The number of fused-ring (bicyclic) bond motifs is 4. The molecule has 0 spiro atoms. The first kappa shape index (κ1) is 34.3. The smallest absolute Gasteiger partial charge is 0.0546 e. The molecule has 0 amide bonds. The molecule has 9 aromatic carbocycles. The molecule has 0 aliphatic heterocycles. The zero-order valence-corrected chi connectivity index (χ0v) is 32.2. The van der Waals surface area contributed by atoms with Crippen molar-refractivity contribution in [2.75, 3.05) is 9.80 Å². The molecule has 0 saturated heterocycles. The quantitative estimate of drug-likeness (QED) is 0.154. The maximum Gasteiger partial charge on any atom is 0.0546 e. The third-order valence-corrected chi connectivity index (χ3v) is 11.6. The first-order valence-electron chi connectivity index (χ1n) is 19.8. The zero-order chi connectivity index (χ0) is 38.3. The fraction of sp³-hybridized carbons (Fsp3) is 0.0545. The Morgan fingerprint density at radius 1 is 0.298 bits per heavy atom. The lowest BCUT2D eigenvalue weighted by atomic mass is 9.82. The number of benzene rings is 9. The van der Waals surface area contributed by atoms with Gasteiger partial charge in [-0.1, -0.05) is 166 Å². The molecule has 2 nitrogen and oxygen atoms in total. The van der Waals surface area contributed by atoms with Gasteiger partial charge in [-0.3, -0.25) is 0 Å². The molecule has 1 aliphatic carbocycles. The Hall–Kier alpha value is -7.16. The summed E-state index contributed by atoms with van der Waals surface area (Å²) in [4.78, 5) is 4.83. The van der Waals surface area contributed by atoms with Crippen molar-refractivity contribution in [2.24, 2.45) is 0 Å². The highest BCUT2D eigenvalue weighted by Crippen LogP contribution is 2.51. The van der Waals surface area contributed by atoms with Crippen LogP contribution in [0.2, 0.25) is 0 Å². The van der Waals surface area contributed by atoms with Gasteiger partial charge in [-0.25, -0.2) is 0 Å². The van der Waals surface area contributed by atoms with Gasteiger partial charge in [0.2, 0.25) is 0 Å². The van der Waals surface area contributed by atoms with E-state index in [1.54, 1.807) is 0 Å². The topological polar surface area (TPSA) is 6.48 Å². The van der Waals surface area contributed by atoms with Gasteiger partial charge >= 0.3 is 0 Å². The Morgan fingerprint density at radius 3 is 1.51 bits per heavy atom. The Balaban J connectivity index is 1.17. The highest BCUT2D eigenvalue weighted by molar-refractivity contribution is 5.99. The molecule has 0 unspecified atom stereocenters. The Morgan fingerprint density at radius 2 is 0.789 bits per heavy atom. The number of hydrogen-bond donors (Lipinski definition) is 0. The maximum absolute atomic E-state index is 2.43. The summed E-state index contributed by atoms with van der Waals surface area (Å²) in [5.74, 6) is 0. The first-order valence-corrected chi connectivity index (χ1v) is 19.8. The van der Waals surface area contributed by atoms with Crippen molar-refractivity contribution in [1.29, 1.82) is 0 Å². The van der Waals surface area contributed by atoms with Gasteiger partial charge in [0.05, 0.1) is 5.69 Å². The Bertz CT molecular complexity index is 2860. The predicted molar refractivity (Wildman–Crippen MR) is 242 cm³/mol. The number of hydrogen-bond acceptors (Lipinski definition) is 2. The van der Waals surface area contributed by atoms with Crippen LogP contribution in [-0.4, -0.2) is 0 Å². The van der Waals surface area contributed by atoms with E-state index in [0.717, 1.165) is 34.1 Å². The van der Waals surface area contributed by atoms with Gasteiger partial charge in [-0.05, 0) is 116 Å². The molecular formula is C55H42N2. The molecule has 0 aromatic heterocycles. The SMILES string of the molecule is CC1(C)c2ccccc2-c2ccc(N(c3ccccc3)c3cccc(N(c4ccc(-c5ccccc5)cc4)c4cc5ccccc5cc4-c4ccccc4)c3)cc21. The zero-order valence-electron chi connectivity index (χ0n) is 32.2. The summed E-state index contributed by atoms with van der Waals surface area (Å²) in [6, 6.07) is 79.4. The van der Waals surface area contributed by atoms with Crippen molar-refractivity contribution in [3.63, 3.8) is 0 Å². The van der Waals surface area contributed by atoms with Gasteiger partial charge in [-0.2, -0.15) is 0 Å². The third kappa shape index (κ3) is 6.16. The van der Waals surface area contributed by atoms with Gasteiger partial charge in [0.15, 0.2) is 0 Å². The second kappa shape index (κ2) is 14.2. The highest BCUT2D eigenvalue weighted by atomic mass is 15.2. The molecule has 10 rings (SSSR count). The Labute approximate surface area is 335 Å². The summed E-state index contributed by atoms with van der Waals surface area (Å²) in [6.45, 7) is 4.70. The van der Waals surface area contributed by atoms with Gasteiger partial charge in [0.25, 0.3) is 0 Å². The fourth-order valence-electron chi connectivity index (χ4n) is 8.75. The van der Waals surface area contributed by atoms with Crippen LogP contribution in [0.3, 0.4) is 0 Å². The summed E-state index contributed by atoms with van der Waals surface area (Å²) in [7, 11) is 0. The molecule has 0 heterocycles. The molecule has 0 atom stereocenters. The third-order valence-electron chi connectivity index (χ3n) is 11.6. The van der Waals surface area contributed by atoms with Crippen molar-refractivity contribution >= 4 is 44.9 Å². The normalized spacial score (nSPS) is 12.5. The van der Waals surface area contributed by atoms with Crippen LogP contribution in [0.15, 0.2) is 218 Å². The lowest BCUT2D eigenvalue weighted by Crippen LogP contribution is -2.17. The minimum absolute atomic E-state index is 0.112. The fourth-order valence-corrected chi connectivity index (χ4v) is 8.75. The van der Waals surface area contributed by atoms with Crippen molar-refractivity contribution in [3.05, 3.63) is 230 Å². The van der Waals surface area contributed by atoms with Crippen LogP contribution < -0.4 is 9.80 Å². The van der Waals surface area contributed by atoms with Gasteiger partial charge < -0.3 is 9.80 Å². The molecular weight excluding hydrogens is 689 g/mol. The van der Waals surface area contributed by atoms with E-state index >= 15 is 0 Å². The molecule has 0 bridgehead atoms. The maximum atomic E-state index is 2.43. The monoisotopic (exact) mass is 730 g/mol. The molecule has 0 N–H and O–H groups in total. The average Bonchev–Trinajstić information content (AvgIpc) is 3.50. The molecule has 2 heteroatoms. The van der Waals surface area contributed by atoms with E-state index in [1.165, 1.54) is 55.3 Å². The molecule has 57 heavy (non-hydrogen) atoms. The number of nitrogens with zero attached hydrogens (tertiary/aromatic N) is 2. The summed E-state index contributed by atoms with van der Waals surface area (Å²) in [5.41, 5.74) is 16.6. The Kier molecular flexibility index (Phi) is 8.53. The van der Waals surface area contributed by atoms with Crippen LogP contribution >= 0.6 is 0 Å². The van der Waals surface area contributed by atoms with Crippen molar-refractivity contribution < 1.29 is 0 Å². The van der Waals surface area contributed by atoms with Crippen LogP contribution in [0.4, 0.5) is 34.1 Å². The lowest BCUT2D eigenvalue weighted by molar-refractivity contribution is 0.660. The van der Waals surface area contributed by atoms with E-state index in [2.05, 4.69) is 242 Å². The van der Waals surface area contributed by atoms with Crippen LogP contribution in [0.25, 0.3) is 44.2 Å². The molecule has 0 fully saturated rings. The number of anilines is 6. The summed E-state index contributed by atoms with van der Waals surface area (Å²) in [5, 5.41) is 2.41. The van der Waals surface area contributed by atoms with E-state index in [0.29, 0.717) is 0 Å². The van der Waals surface area contributed by atoms with Crippen LogP contribution in [-0.2, 0) is 5.41 Å². The number of rotatable bonds is 8. The molecule has 272 valence electrons. The second-order valence-electron chi connectivity index (χ2n) is 15.4. The predicted octanol–water partition coefficient (Wildman–Crippen LogP) is 15.4. The molecule has 0 saturated carbocycles. The van der Waals surface area contributed by atoms with E-state index < -0.39 is 0 Å². The van der Waals surface area contributed by atoms with Gasteiger partial charge in [0, 0.05) is 39.4 Å². The van der Waals surface area contributed by atoms with Crippen LogP contribution in [0.1, 0.15) is 25.0 Å². The molecule has 9 aromatic rings. The van der Waals surface area contributed by atoms with Crippen LogP contribution in [0, 0.1) is 0 Å². The average molecular weight is 731 g/mol. The van der Waals surface area contributed by atoms with E-state index in [9.17, 15) is 0 Å². The van der Waals surface area contributed by atoms with E-state index in [-0.39, 0.29) is 5.41 Å². The number of para-hydroxylation sites is 1. The molecule has 1 aliphatic rings. The minimum Gasteiger partial charge on any atom is -0.310 e. The van der Waals surface area contributed by atoms with Crippen molar-refractivity contribution in [1.82, 2.24) is 0 Å². The van der Waals surface area contributed by atoms with Crippen LogP contribution in [0.5, 0.6) is 0 Å². The van der Waals surface area contributed by atoms with E-state index in [1.807, 2.05) is 0 Å². The van der Waals surface area contributed by atoms with Gasteiger partial charge in [-0.15, -0.1) is 0 Å².